The maximum Gasteiger partial charge on any atom is 0.179 e. The van der Waals surface area contributed by atoms with E-state index in [2.05, 4.69) is 4.90 Å². The number of methoxy groups -OCH3 is 1. The summed E-state index contributed by atoms with van der Waals surface area (Å²) in [6.45, 7) is 2.69. The Morgan fingerprint density at radius 3 is 2.25 bits per heavy atom. The molecule has 0 amide bonds. The molecule has 4 nitrogen and oxygen atoms in total. The van der Waals surface area contributed by atoms with Crippen molar-refractivity contribution in [2.45, 2.75) is 24.2 Å². The lowest BCUT2D eigenvalue weighted by Crippen LogP contribution is -2.33. The minimum absolute atomic E-state index is 0. The Hall–Kier alpha value is -0.780. The van der Waals surface area contributed by atoms with E-state index >= 15 is 0 Å². The molecule has 0 N–H and O–H groups in total. The van der Waals surface area contributed by atoms with Crippen molar-refractivity contribution in [1.29, 1.82) is 0 Å². The molecular weight excluding hydrogens is 298 g/mol. The average molecular weight is 320 g/mol. The molecule has 1 aromatic carbocycles. The number of hydrogen-bond acceptors (Lipinski definition) is 4. The highest BCUT2D eigenvalue weighted by molar-refractivity contribution is 7.91. The largest absolute Gasteiger partial charge is 0.497 e. The standard InChI is InChI=1S/C14H21NO3S.ClH/c1-18-13-5-7-14(8-6-13)19(16,17)12-11-15-9-3-2-4-10-15;/h5-8H,2-4,9-12H2,1H3;1H. The Morgan fingerprint density at radius 1 is 1.10 bits per heavy atom. The molecule has 1 aliphatic rings. The van der Waals surface area contributed by atoms with Crippen molar-refractivity contribution < 1.29 is 13.2 Å². The molecule has 0 unspecified atom stereocenters. The quantitative estimate of drug-likeness (QED) is 0.836. The molecule has 114 valence electrons. The fourth-order valence-electron chi connectivity index (χ4n) is 2.33. The first-order valence-corrected chi connectivity index (χ1v) is 8.36. The molecule has 0 aliphatic carbocycles. The second kappa shape index (κ2) is 7.86. The smallest absolute Gasteiger partial charge is 0.179 e. The molecule has 2 rings (SSSR count). The summed E-state index contributed by atoms with van der Waals surface area (Å²) >= 11 is 0. The SMILES string of the molecule is COc1ccc(S(=O)(=O)CCN2CCCCC2)cc1.Cl. The molecule has 1 heterocycles. The second-order valence-corrected chi connectivity index (χ2v) is 7.01. The van der Waals surface area contributed by atoms with Gasteiger partial charge >= 0.3 is 0 Å². The summed E-state index contributed by atoms with van der Waals surface area (Å²) in [5.74, 6) is 0.870. The van der Waals surface area contributed by atoms with E-state index in [9.17, 15) is 8.42 Å². The molecule has 0 atom stereocenters. The molecule has 20 heavy (non-hydrogen) atoms. The molecule has 0 bridgehead atoms. The van der Waals surface area contributed by atoms with Crippen LogP contribution in [0.5, 0.6) is 5.75 Å². The predicted molar refractivity (Wildman–Crippen MR) is 82.6 cm³/mol. The van der Waals surface area contributed by atoms with Crippen LogP contribution in [0.4, 0.5) is 0 Å². The van der Waals surface area contributed by atoms with Crippen LogP contribution in [0.25, 0.3) is 0 Å². The molecule has 6 heteroatoms. The number of likely N-dealkylation sites (tertiary alicyclic amines) is 1. The normalized spacial score (nSPS) is 16.4. The van der Waals surface area contributed by atoms with Crippen LogP contribution in [0.3, 0.4) is 0 Å². The topological polar surface area (TPSA) is 46.6 Å². The van der Waals surface area contributed by atoms with E-state index in [0.717, 1.165) is 13.1 Å². The zero-order valence-corrected chi connectivity index (χ0v) is 13.4. The number of nitrogens with zero attached hydrogens (tertiary/aromatic N) is 1. The lowest BCUT2D eigenvalue weighted by molar-refractivity contribution is 0.241. The molecule has 1 saturated heterocycles. The maximum atomic E-state index is 12.2. The molecule has 1 fully saturated rings. The summed E-state index contributed by atoms with van der Waals surface area (Å²) < 4.78 is 29.4. The van der Waals surface area contributed by atoms with Crippen molar-refractivity contribution in [3.63, 3.8) is 0 Å². The first-order chi connectivity index (χ1) is 9.12. The van der Waals surface area contributed by atoms with Crippen LogP contribution in [-0.4, -0.2) is 45.8 Å². The summed E-state index contributed by atoms with van der Waals surface area (Å²) in [5, 5.41) is 0. The predicted octanol–water partition coefficient (Wildman–Crippen LogP) is 2.38. The van der Waals surface area contributed by atoms with Crippen LogP contribution < -0.4 is 4.74 Å². The van der Waals surface area contributed by atoms with Crippen molar-refractivity contribution in [1.82, 2.24) is 4.90 Å². The van der Waals surface area contributed by atoms with E-state index < -0.39 is 9.84 Å². The lowest BCUT2D eigenvalue weighted by Gasteiger charge is -2.26. The van der Waals surface area contributed by atoms with E-state index in [-0.39, 0.29) is 18.2 Å². The summed E-state index contributed by atoms with van der Waals surface area (Å²) in [5.41, 5.74) is 0. The summed E-state index contributed by atoms with van der Waals surface area (Å²) in [4.78, 5) is 2.62. The van der Waals surface area contributed by atoms with E-state index in [1.54, 1.807) is 31.4 Å². The van der Waals surface area contributed by atoms with Crippen molar-refractivity contribution in [2.75, 3.05) is 32.5 Å². The van der Waals surface area contributed by atoms with Gasteiger partial charge in [0.2, 0.25) is 0 Å². The summed E-state index contributed by atoms with van der Waals surface area (Å²) in [6, 6.07) is 6.61. The second-order valence-electron chi connectivity index (χ2n) is 4.90. The van der Waals surface area contributed by atoms with E-state index in [1.807, 2.05) is 0 Å². The molecule has 1 aromatic rings. The van der Waals surface area contributed by atoms with Gasteiger partial charge in [-0.15, -0.1) is 12.4 Å². The highest BCUT2D eigenvalue weighted by Gasteiger charge is 2.17. The third-order valence-corrected chi connectivity index (χ3v) is 5.25. The molecule has 0 aromatic heterocycles. The third kappa shape index (κ3) is 4.65. The Bertz CT molecular complexity index is 496. The molecule has 1 aliphatic heterocycles. The Balaban J connectivity index is 0.00000200. The highest BCUT2D eigenvalue weighted by atomic mass is 35.5. The van der Waals surface area contributed by atoms with Gasteiger partial charge in [0, 0.05) is 6.54 Å². The van der Waals surface area contributed by atoms with Crippen molar-refractivity contribution in [3.05, 3.63) is 24.3 Å². The molecule has 0 saturated carbocycles. The lowest BCUT2D eigenvalue weighted by atomic mass is 10.1. The fraction of sp³-hybridized carbons (Fsp3) is 0.571. The number of hydrogen-bond donors (Lipinski definition) is 0. The zero-order chi connectivity index (χ0) is 13.7. The van der Waals surface area contributed by atoms with Gasteiger partial charge in [-0.3, -0.25) is 0 Å². The Morgan fingerprint density at radius 2 is 1.70 bits per heavy atom. The van der Waals surface area contributed by atoms with Gasteiger partial charge in [-0.25, -0.2) is 8.42 Å². The van der Waals surface area contributed by atoms with Gasteiger partial charge in [-0.05, 0) is 50.2 Å². The van der Waals surface area contributed by atoms with Crippen LogP contribution in [0.1, 0.15) is 19.3 Å². The number of piperidine rings is 1. The van der Waals surface area contributed by atoms with E-state index in [1.165, 1.54) is 19.3 Å². The highest BCUT2D eigenvalue weighted by Crippen LogP contribution is 2.17. The van der Waals surface area contributed by atoms with Gasteiger partial charge in [0.25, 0.3) is 0 Å². The van der Waals surface area contributed by atoms with Crippen LogP contribution in [-0.2, 0) is 9.84 Å². The summed E-state index contributed by atoms with van der Waals surface area (Å²) in [7, 11) is -1.61. The monoisotopic (exact) mass is 319 g/mol. The minimum Gasteiger partial charge on any atom is -0.497 e. The van der Waals surface area contributed by atoms with Crippen LogP contribution in [0.2, 0.25) is 0 Å². The third-order valence-electron chi connectivity index (χ3n) is 3.54. The van der Waals surface area contributed by atoms with Crippen LogP contribution >= 0.6 is 12.4 Å². The van der Waals surface area contributed by atoms with Crippen molar-refractivity contribution >= 4 is 22.2 Å². The van der Waals surface area contributed by atoms with Gasteiger partial charge < -0.3 is 9.64 Å². The number of benzene rings is 1. The molecular formula is C14H22ClNO3S. The Labute approximate surface area is 127 Å². The number of rotatable bonds is 5. The van der Waals surface area contributed by atoms with Gasteiger partial charge in [-0.2, -0.15) is 0 Å². The number of sulfone groups is 1. The van der Waals surface area contributed by atoms with Gasteiger partial charge in [0.15, 0.2) is 9.84 Å². The van der Waals surface area contributed by atoms with E-state index in [0.29, 0.717) is 17.2 Å². The van der Waals surface area contributed by atoms with Gasteiger partial charge in [0.1, 0.15) is 5.75 Å². The average Bonchev–Trinajstić information content (AvgIpc) is 2.46. The number of ether oxygens (including phenoxy) is 1. The van der Waals surface area contributed by atoms with Gasteiger partial charge in [-0.1, -0.05) is 6.42 Å². The minimum atomic E-state index is -3.18. The molecule has 0 radical (unpaired) electrons. The van der Waals surface area contributed by atoms with Crippen LogP contribution in [0.15, 0.2) is 29.2 Å². The van der Waals surface area contributed by atoms with Crippen molar-refractivity contribution in [2.24, 2.45) is 0 Å². The molecule has 0 spiro atoms. The summed E-state index contributed by atoms with van der Waals surface area (Å²) in [6.07, 6.45) is 3.63. The zero-order valence-electron chi connectivity index (χ0n) is 11.7. The first kappa shape index (κ1) is 17.3. The fourth-order valence-corrected chi connectivity index (χ4v) is 3.62. The first-order valence-electron chi connectivity index (χ1n) is 6.71. The van der Waals surface area contributed by atoms with E-state index in [4.69, 9.17) is 4.74 Å². The van der Waals surface area contributed by atoms with Crippen molar-refractivity contribution in [3.8, 4) is 5.75 Å². The van der Waals surface area contributed by atoms with Crippen LogP contribution in [0, 0.1) is 0 Å². The Kier molecular flexibility index (Phi) is 6.79. The number of halogens is 1. The van der Waals surface area contributed by atoms with Gasteiger partial charge in [0.05, 0.1) is 17.8 Å². The maximum absolute atomic E-state index is 12.2.